The van der Waals surface area contributed by atoms with E-state index in [0.29, 0.717) is 4.47 Å². The second kappa shape index (κ2) is 7.71. The number of benzene rings is 1. The van der Waals surface area contributed by atoms with E-state index in [1.807, 2.05) is 5.38 Å². The molecular formula is C14H16BrFN2OS. The van der Waals surface area contributed by atoms with Gasteiger partial charge in [0.05, 0.1) is 5.69 Å². The first-order chi connectivity index (χ1) is 9.69. The maximum absolute atomic E-state index is 13.6. The van der Waals surface area contributed by atoms with Crippen molar-refractivity contribution in [1.82, 2.24) is 10.3 Å². The Morgan fingerprint density at radius 2 is 2.30 bits per heavy atom. The lowest BCUT2D eigenvalue weighted by Crippen LogP contribution is -2.13. The monoisotopic (exact) mass is 358 g/mol. The second-order valence-corrected chi connectivity index (χ2v) is 6.13. The zero-order valence-corrected chi connectivity index (χ0v) is 13.6. The molecule has 0 aliphatic rings. The molecule has 0 bridgehead atoms. The Bertz CT molecular complexity index is 562. The first kappa shape index (κ1) is 15.4. The number of nitrogens with zero attached hydrogens (tertiary/aromatic N) is 1. The van der Waals surface area contributed by atoms with Crippen molar-refractivity contribution in [1.29, 1.82) is 0 Å². The first-order valence-electron chi connectivity index (χ1n) is 6.41. The fraction of sp³-hybridized carbons (Fsp3) is 0.357. The van der Waals surface area contributed by atoms with Crippen LogP contribution in [-0.2, 0) is 13.2 Å². The van der Waals surface area contributed by atoms with E-state index >= 15 is 0 Å². The molecule has 6 heteroatoms. The molecule has 1 heterocycles. The number of hydrogen-bond acceptors (Lipinski definition) is 4. The van der Waals surface area contributed by atoms with Crippen LogP contribution in [0, 0.1) is 5.82 Å². The average molecular weight is 359 g/mol. The minimum absolute atomic E-state index is 0.242. The van der Waals surface area contributed by atoms with Crippen LogP contribution in [-0.4, -0.2) is 11.5 Å². The minimum Gasteiger partial charge on any atom is -0.484 e. The maximum atomic E-state index is 13.6. The summed E-state index contributed by atoms with van der Waals surface area (Å²) in [6, 6.07) is 4.74. The first-order valence-corrected chi connectivity index (χ1v) is 8.08. The highest BCUT2D eigenvalue weighted by molar-refractivity contribution is 9.10. The largest absolute Gasteiger partial charge is 0.484 e. The molecule has 20 heavy (non-hydrogen) atoms. The summed E-state index contributed by atoms with van der Waals surface area (Å²) in [7, 11) is 0. The van der Waals surface area contributed by atoms with Crippen molar-refractivity contribution in [2.75, 3.05) is 6.54 Å². The molecule has 0 aliphatic carbocycles. The zero-order valence-electron chi connectivity index (χ0n) is 11.2. The van der Waals surface area contributed by atoms with E-state index in [4.69, 9.17) is 4.74 Å². The average Bonchev–Trinajstić information content (AvgIpc) is 2.86. The van der Waals surface area contributed by atoms with Gasteiger partial charge in [-0.3, -0.25) is 0 Å². The quantitative estimate of drug-likeness (QED) is 0.755. The van der Waals surface area contributed by atoms with Gasteiger partial charge in [-0.25, -0.2) is 9.37 Å². The summed E-state index contributed by atoms with van der Waals surface area (Å²) in [5, 5.41) is 6.26. The van der Waals surface area contributed by atoms with Crippen LogP contribution in [0.1, 0.15) is 24.0 Å². The van der Waals surface area contributed by atoms with Gasteiger partial charge in [-0.1, -0.05) is 22.9 Å². The summed E-state index contributed by atoms with van der Waals surface area (Å²) in [6.07, 6.45) is 1.10. The number of nitrogens with one attached hydrogen (secondary N) is 1. The normalized spacial score (nSPS) is 10.8. The lowest BCUT2D eigenvalue weighted by molar-refractivity contribution is 0.286. The molecule has 108 valence electrons. The van der Waals surface area contributed by atoms with Gasteiger partial charge in [0, 0.05) is 16.4 Å². The number of hydrogen-bond donors (Lipinski definition) is 1. The van der Waals surface area contributed by atoms with E-state index in [9.17, 15) is 4.39 Å². The van der Waals surface area contributed by atoms with Crippen molar-refractivity contribution in [2.24, 2.45) is 0 Å². The van der Waals surface area contributed by atoms with Crippen LogP contribution in [0.5, 0.6) is 5.75 Å². The van der Waals surface area contributed by atoms with Crippen LogP contribution in [0.15, 0.2) is 28.1 Å². The molecule has 0 spiro atoms. The lowest BCUT2D eigenvalue weighted by atomic mass is 10.3. The third kappa shape index (κ3) is 4.54. The summed E-state index contributed by atoms with van der Waals surface area (Å²) in [5.41, 5.74) is 0.825. The van der Waals surface area contributed by atoms with Gasteiger partial charge >= 0.3 is 0 Å². The van der Waals surface area contributed by atoms with E-state index in [0.717, 1.165) is 30.2 Å². The van der Waals surface area contributed by atoms with Crippen LogP contribution in [0.4, 0.5) is 4.39 Å². The predicted molar refractivity (Wildman–Crippen MR) is 82.5 cm³/mol. The standard InChI is InChI=1S/C14H16BrFN2OS/c1-2-5-17-7-14-18-11(9-20-14)8-19-13-4-3-10(15)6-12(13)16/h3-4,6,9,17H,2,5,7-8H2,1H3. The maximum Gasteiger partial charge on any atom is 0.166 e. The fourth-order valence-corrected chi connectivity index (χ4v) is 2.69. The van der Waals surface area contributed by atoms with Crippen LogP contribution in [0.2, 0.25) is 0 Å². The molecule has 1 aromatic heterocycles. The third-order valence-electron chi connectivity index (χ3n) is 2.57. The molecule has 0 amide bonds. The molecule has 0 fully saturated rings. The molecule has 0 unspecified atom stereocenters. The van der Waals surface area contributed by atoms with Gasteiger partial charge in [-0.15, -0.1) is 11.3 Å². The number of rotatable bonds is 7. The summed E-state index contributed by atoms with van der Waals surface area (Å²) < 4.78 is 19.7. The molecule has 1 aromatic carbocycles. The molecule has 0 saturated carbocycles. The fourth-order valence-electron chi connectivity index (χ4n) is 1.61. The van der Waals surface area contributed by atoms with Gasteiger partial charge in [0.1, 0.15) is 11.6 Å². The minimum atomic E-state index is -0.376. The third-order valence-corrected chi connectivity index (χ3v) is 3.96. The Morgan fingerprint density at radius 1 is 1.45 bits per heavy atom. The van der Waals surface area contributed by atoms with Crippen LogP contribution < -0.4 is 10.1 Å². The summed E-state index contributed by atoms with van der Waals surface area (Å²) in [6.45, 7) is 4.16. The smallest absolute Gasteiger partial charge is 0.166 e. The molecule has 0 aliphatic heterocycles. The number of thiazole rings is 1. The van der Waals surface area contributed by atoms with Gasteiger partial charge in [0.2, 0.25) is 0 Å². The molecule has 0 saturated heterocycles. The van der Waals surface area contributed by atoms with Gasteiger partial charge in [-0.05, 0) is 31.2 Å². The van der Waals surface area contributed by atoms with Gasteiger partial charge in [0.15, 0.2) is 11.6 Å². The van der Waals surface area contributed by atoms with Crippen molar-refractivity contribution in [3.63, 3.8) is 0 Å². The van der Waals surface area contributed by atoms with Gasteiger partial charge in [0.25, 0.3) is 0 Å². The number of ether oxygens (including phenoxy) is 1. The van der Waals surface area contributed by atoms with Crippen LogP contribution in [0.25, 0.3) is 0 Å². The van der Waals surface area contributed by atoms with Crippen molar-refractivity contribution in [3.8, 4) is 5.75 Å². The van der Waals surface area contributed by atoms with Crippen molar-refractivity contribution < 1.29 is 9.13 Å². The Hall–Kier alpha value is -0.980. The highest BCUT2D eigenvalue weighted by Crippen LogP contribution is 2.22. The van der Waals surface area contributed by atoms with Crippen LogP contribution in [0.3, 0.4) is 0 Å². The molecule has 0 radical (unpaired) electrons. The summed E-state index contributed by atoms with van der Waals surface area (Å²) >= 11 is 4.80. The van der Waals surface area contributed by atoms with E-state index in [2.05, 4.69) is 33.2 Å². The Balaban J connectivity index is 1.87. The predicted octanol–water partition coefficient (Wildman–Crippen LogP) is 4.12. The van der Waals surface area contributed by atoms with E-state index in [-0.39, 0.29) is 18.2 Å². The highest BCUT2D eigenvalue weighted by Gasteiger charge is 2.06. The molecule has 1 N–H and O–H groups in total. The Kier molecular flexibility index (Phi) is 5.94. The van der Waals surface area contributed by atoms with E-state index < -0.39 is 0 Å². The van der Waals surface area contributed by atoms with Crippen molar-refractivity contribution in [2.45, 2.75) is 26.5 Å². The molecule has 2 rings (SSSR count). The molecule has 2 aromatic rings. The lowest BCUT2D eigenvalue weighted by Gasteiger charge is -2.05. The Labute approximate surface area is 130 Å². The second-order valence-electron chi connectivity index (χ2n) is 4.27. The molecule has 3 nitrogen and oxygen atoms in total. The summed E-state index contributed by atoms with van der Waals surface area (Å²) in [4.78, 5) is 4.44. The highest BCUT2D eigenvalue weighted by atomic mass is 79.9. The number of aromatic nitrogens is 1. The zero-order chi connectivity index (χ0) is 14.4. The van der Waals surface area contributed by atoms with Crippen molar-refractivity contribution >= 4 is 27.3 Å². The SMILES string of the molecule is CCCNCc1nc(COc2ccc(Br)cc2F)cs1. The molecule has 0 atom stereocenters. The Morgan fingerprint density at radius 3 is 3.05 bits per heavy atom. The molecular weight excluding hydrogens is 343 g/mol. The van der Waals surface area contributed by atoms with E-state index in [1.165, 1.54) is 6.07 Å². The van der Waals surface area contributed by atoms with E-state index in [1.54, 1.807) is 23.5 Å². The summed E-state index contributed by atoms with van der Waals surface area (Å²) in [5.74, 6) is -0.133. The topological polar surface area (TPSA) is 34.2 Å². The van der Waals surface area contributed by atoms with Gasteiger partial charge in [-0.2, -0.15) is 0 Å². The van der Waals surface area contributed by atoms with Crippen LogP contribution >= 0.6 is 27.3 Å². The number of halogens is 2. The van der Waals surface area contributed by atoms with Gasteiger partial charge < -0.3 is 10.1 Å². The van der Waals surface area contributed by atoms with Crippen molar-refractivity contribution in [3.05, 3.63) is 44.6 Å².